The van der Waals surface area contributed by atoms with Gasteiger partial charge in [-0.1, -0.05) is 29.3 Å². The van der Waals surface area contributed by atoms with Gasteiger partial charge in [0.05, 0.1) is 0 Å². The third kappa shape index (κ3) is 3.48. The van der Waals surface area contributed by atoms with Gasteiger partial charge in [-0.15, -0.1) is 0 Å². The van der Waals surface area contributed by atoms with Crippen LogP contribution in [0, 0.1) is 0 Å². The van der Waals surface area contributed by atoms with Crippen molar-refractivity contribution in [3.8, 4) is 0 Å². The molecule has 1 aromatic carbocycles. The van der Waals surface area contributed by atoms with Crippen molar-refractivity contribution in [1.29, 1.82) is 0 Å². The molecule has 3 nitrogen and oxygen atoms in total. The quantitative estimate of drug-likeness (QED) is 0.916. The molecule has 1 heterocycles. The summed E-state index contributed by atoms with van der Waals surface area (Å²) in [6, 6.07) is 6.19. The van der Waals surface area contributed by atoms with E-state index in [4.69, 9.17) is 23.2 Å². The van der Waals surface area contributed by atoms with Gasteiger partial charge in [0, 0.05) is 47.0 Å². The zero-order valence-electron chi connectivity index (χ0n) is 10.9. The Kier molecular flexibility index (Phi) is 4.20. The minimum absolute atomic E-state index is 0.550. The second-order valence-electron chi connectivity index (χ2n) is 5.04. The summed E-state index contributed by atoms with van der Waals surface area (Å²) in [5, 5.41) is 4.74. The summed E-state index contributed by atoms with van der Waals surface area (Å²) in [4.78, 5) is 8.77. The van der Waals surface area contributed by atoms with E-state index in [1.807, 2.05) is 30.6 Å². The number of nitrogens with zero attached hydrogens (tertiary/aromatic N) is 2. The lowest BCUT2D eigenvalue weighted by Gasteiger charge is -2.07. The van der Waals surface area contributed by atoms with E-state index in [9.17, 15) is 0 Å². The van der Waals surface area contributed by atoms with Crippen LogP contribution in [0.4, 0.5) is 0 Å². The first-order valence-electron chi connectivity index (χ1n) is 6.68. The number of benzene rings is 1. The van der Waals surface area contributed by atoms with Crippen molar-refractivity contribution in [2.45, 2.75) is 31.8 Å². The van der Waals surface area contributed by atoms with Crippen LogP contribution < -0.4 is 5.32 Å². The van der Waals surface area contributed by atoms with E-state index in [0.717, 1.165) is 23.5 Å². The number of hydrogen-bond acceptors (Lipinski definition) is 3. The van der Waals surface area contributed by atoms with Crippen LogP contribution in [0.15, 0.2) is 30.6 Å². The topological polar surface area (TPSA) is 37.8 Å². The SMILES string of the molecule is Clc1cccc(Cl)c1Cc1ncc(CNC2CC2)cn1. The van der Waals surface area contributed by atoms with E-state index in [-0.39, 0.29) is 0 Å². The van der Waals surface area contributed by atoms with Crippen LogP contribution in [0.25, 0.3) is 0 Å². The monoisotopic (exact) mass is 307 g/mol. The molecule has 20 heavy (non-hydrogen) atoms. The molecule has 1 N–H and O–H groups in total. The molecule has 104 valence electrons. The van der Waals surface area contributed by atoms with Gasteiger partial charge in [0.1, 0.15) is 5.82 Å². The normalized spacial score (nSPS) is 14.5. The first kappa shape index (κ1) is 13.8. The van der Waals surface area contributed by atoms with Crippen LogP contribution in [0.5, 0.6) is 0 Å². The van der Waals surface area contributed by atoms with Gasteiger partial charge in [-0.3, -0.25) is 0 Å². The average Bonchev–Trinajstić information content (AvgIpc) is 3.26. The van der Waals surface area contributed by atoms with Crippen molar-refractivity contribution < 1.29 is 0 Å². The smallest absolute Gasteiger partial charge is 0.132 e. The third-order valence-electron chi connectivity index (χ3n) is 3.33. The summed E-state index contributed by atoms with van der Waals surface area (Å²) < 4.78 is 0. The van der Waals surface area contributed by atoms with Gasteiger partial charge in [0.15, 0.2) is 0 Å². The maximum Gasteiger partial charge on any atom is 0.132 e. The van der Waals surface area contributed by atoms with Crippen LogP contribution >= 0.6 is 23.2 Å². The molecule has 0 saturated heterocycles. The highest BCUT2D eigenvalue weighted by molar-refractivity contribution is 6.36. The molecule has 0 aliphatic heterocycles. The third-order valence-corrected chi connectivity index (χ3v) is 4.04. The Morgan fingerprint density at radius 2 is 1.75 bits per heavy atom. The van der Waals surface area contributed by atoms with Gasteiger partial charge in [0.25, 0.3) is 0 Å². The molecular formula is C15H15Cl2N3. The Labute approximate surface area is 128 Å². The van der Waals surface area contributed by atoms with Gasteiger partial charge < -0.3 is 5.32 Å². The Morgan fingerprint density at radius 1 is 1.10 bits per heavy atom. The molecule has 0 bridgehead atoms. The first-order chi connectivity index (χ1) is 9.72. The van der Waals surface area contributed by atoms with Crippen molar-refractivity contribution in [3.63, 3.8) is 0 Å². The van der Waals surface area contributed by atoms with Crippen LogP contribution in [0.2, 0.25) is 10.0 Å². The molecule has 1 aliphatic carbocycles. The number of aromatic nitrogens is 2. The molecular weight excluding hydrogens is 293 g/mol. The lowest BCUT2D eigenvalue weighted by atomic mass is 10.1. The standard InChI is InChI=1S/C15H15Cl2N3/c16-13-2-1-3-14(17)12(13)6-15-19-8-10(9-20-15)7-18-11-4-5-11/h1-3,8-9,11,18H,4-7H2. The minimum atomic E-state index is 0.550. The van der Waals surface area contributed by atoms with Crippen LogP contribution in [-0.2, 0) is 13.0 Å². The Morgan fingerprint density at radius 3 is 2.35 bits per heavy atom. The highest BCUT2D eigenvalue weighted by Gasteiger charge is 2.20. The summed E-state index contributed by atoms with van der Waals surface area (Å²) in [6.07, 6.45) is 6.84. The Balaban J connectivity index is 1.67. The zero-order chi connectivity index (χ0) is 13.9. The first-order valence-corrected chi connectivity index (χ1v) is 7.44. The summed E-state index contributed by atoms with van der Waals surface area (Å²) in [7, 11) is 0. The highest BCUT2D eigenvalue weighted by Crippen LogP contribution is 2.26. The Bertz CT molecular complexity index is 574. The fourth-order valence-electron chi connectivity index (χ4n) is 1.97. The molecule has 1 fully saturated rings. The highest BCUT2D eigenvalue weighted by atomic mass is 35.5. The number of hydrogen-bond donors (Lipinski definition) is 1. The minimum Gasteiger partial charge on any atom is -0.310 e. The second-order valence-corrected chi connectivity index (χ2v) is 5.85. The zero-order valence-corrected chi connectivity index (χ0v) is 12.5. The van der Waals surface area contributed by atoms with Gasteiger partial charge in [-0.2, -0.15) is 0 Å². The molecule has 1 aromatic heterocycles. The summed E-state index contributed by atoms with van der Waals surface area (Å²) in [5.41, 5.74) is 1.98. The van der Waals surface area contributed by atoms with E-state index in [0.29, 0.717) is 22.5 Å². The molecule has 2 aromatic rings. The van der Waals surface area contributed by atoms with Gasteiger partial charge in [-0.05, 0) is 30.5 Å². The summed E-state index contributed by atoms with van der Waals surface area (Å²) >= 11 is 12.3. The van der Waals surface area contributed by atoms with Gasteiger partial charge in [0.2, 0.25) is 0 Å². The average molecular weight is 308 g/mol. The maximum atomic E-state index is 6.15. The summed E-state index contributed by atoms with van der Waals surface area (Å²) in [6.45, 7) is 0.831. The van der Waals surface area contributed by atoms with Crippen molar-refractivity contribution in [3.05, 3.63) is 57.6 Å². The van der Waals surface area contributed by atoms with Crippen molar-refractivity contribution in [2.75, 3.05) is 0 Å². The van der Waals surface area contributed by atoms with Crippen LogP contribution in [0.1, 0.15) is 29.8 Å². The predicted octanol–water partition coefficient (Wildman–Crippen LogP) is 3.63. The number of nitrogens with one attached hydrogen (secondary N) is 1. The molecule has 0 spiro atoms. The fraction of sp³-hybridized carbons (Fsp3) is 0.333. The lowest BCUT2D eigenvalue weighted by molar-refractivity contribution is 0.681. The second kappa shape index (κ2) is 6.08. The lowest BCUT2D eigenvalue weighted by Crippen LogP contribution is -2.15. The predicted molar refractivity (Wildman–Crippen MR) is 81.2 cm³/mol. The number of rotatable bonds is 5. The van der Waals surface area contributed by atoms with Crippen LogP contribution in [-0.4, -0.2) is 16.0 Å². The summed E-state index contributed by atoms with van der Waals surface area (Å²) in [5.74, 6) is 0.732. The van der Waals surface area contributed by atoms with E-state index < -0.39 is 0 Å². The van der Waals surface area contributed by atoms with E-state index in [2.05, 4.69) is 15.3 Å². The van der Waals surface area contributed by atoms with E-state index >= 15 is 0 Å². The molecule has 5 heteroatoms. The molecule has 1 aliphatic rings. The van der Waals surface area contributed by atoms with Crippen molar-refractivity contribution >= 4 is 23.2 Å². The molecule has 3 rings (SSSR count). The van der Waals surface area contributed by atoms with E-state index in [1.165, 1.54) is 12.8 Å². The van der Waals surface area contributed by atoms with Gasteiger partial charge >= 0.3 is 0 Å². The van der Waals surface area contributed by atoms with E-state index in [1.54, 1.807) is 0 Å². The number of halogens is 2. The van der Waals surface area contributed by atoms with Gasteiger partial charge in [-0.25, -0.2) is 9.97 Å². The largest absolute Gasteiger partial charge is 0.310 e. The molecule has 0 unspecified atom stereocenters. The molecule has 0 amide bonds. The molecule has 0 atom stereocenters. The fourth-order valence-corrected chi connectivity index (χ4v) is 2.50. The molecule has 1 saturated carbocycles. The molecule has 0 radical (unpaired) electrons. The maximum absolute atomic E-state index is 6.15. The van der Waals surface area contributed by atoms with Crippen LogP contribution in [0.3, 0.4) is 0 Å². The van der Waals surface area contributed by atoms with Crippen molar-refractivity contribution in [2.24, 2.45) is 0 Å². The Hall–Kier alpha value is -1.16. The van der Waals surface area contributed by atoms with Crippen molar-refractivity contribution in [1.82, 2.24) is 15.3 Å².